The van der Waals surface area contributed by atoms with Crippen LogP contribution >= 0.6 is 0 Å². The highest BCUT2D eigenvalue weighted by atomic mass is 16.6. The minimum absolute atomic E-state index is 0.125. The second kappa shape index (κ2) is 19.6. The van der Waals surface area contributed by atoms with E-state index in [2.05, 4.69) is 20.9 Å². The van der Waals surface area contributed by atoms with Crippen LogP contribution in [0.2, 0.25) is 0 Å². The molecule has 0 spiro atoms. The molecule has 1 aliphatic carbocycles. The Balaban J connectivity index is 1.40. The van der Waals surface area contributed by atoms with Gasteiger partial charge in [0.05, 0.1) is 16.8 Å². The van der Waals surface area contributed by atoms with Crippen LogP contribution in [0.4, 0.5) is 15.3 Å². The molecule has 2 atom stereocenters. The van der Waals surface area contributed by atoms with Gasteiger partial charge in [-0.25, -0.2) is 29.0 Å². The van der Waals surface area contributed by atoms with Crippen molar-refractivity contribution in [3.8, 4) is 5.75 Å². The van der Waals surface area contributed by atoms with Gasteiger partial charge in [-0.2, -0.15) is 0 Å². The van der Waals surface area contributed by atoms with E-state index in [0.717, 1.165) is 16.7 Å². The molecule has 1 aliphatic rings. The maximum Gasteiger partial charge on any atom is 0.414 e. The summed E-state index contributed by atoms with van der Waals surface area (Å²) in [6, 6.07) is 17.0. The molecule has 0 bridgehead atoms. The molecule has 3 aromatic carbocycles. The zero-order valence-electron chi connectivity index (χ0n) is 37.8. The molecule has 3 amide bonds. The number of carbonyl (C=O) groups is 6. The fraction of sp³-hybridized carbons (Fsp3) is 0.468. The van der Waals surface area contributed by atoms with E-state index in [1.807, 2.05) is 6.07 Å². The van der Waals surface area contributed by atoms with Crippen LogP contribution in [-0.4, -0.2) is 70.4 Å². The van der Waals surface area contributed by atoms with Crippen molar-refractivity contribution in [2.75, 3.05) is 0 Å². The second-order valence-corrected chi connectivity index (χ2v) is 19.0. The molecule has 62 heavy (non-hydrogen) atoms. The van der Waals surface area contributed by atoms with Crippen LogP contribution in [0.1, 0.15) is 139 Å². The number of rotatable bonds is 10. The number of benzene rings is 3. The summed E-state index contributed by atoms with van der Waals surface area (Å²) in [4.78, 5) is 81.7. The molecule has 0 heterocycles. The number of amides is 3. The van der Waals surface area contributed by atoms with E-state index in [9.17, 15) is 28.8 Å². The van der Waals surface area contributed by atoms with Gasteiger partial charge in [-0.15, -0.1) is 0 Å². The number of aliphatic imine (C=N–C) groups is 1. The van der Waals surface area contributed by atoms with Crippen LogP contribution in [0.5, 0.6) is 5.75 Å². The normalized spacial score (nSPS) is 14.3. The van der Waals surface area contributed by atoms with Crippen molar-refractivity contribution in [2.24, 2.45) is 4.99 Å². The van der Waals surface area contributed by atoms with E-state index in [-0.39, 0.29) is 36.2 Å². The smallest absolute Gasteiger partial charge is 0.414 e. The minimum atomic E-state index is -0.970. The van der Waals surface area contributed by atoms with Crippen molar-refractivity contribution in [3.63, 3.8) is 0 Å². The van der Waals surface area contributed by atoms with Gasteiger partial charge >= 0.3 is 30.1 Å². The third kappa shape index (κ3) is 16.3. The SMILES string of the molecule is CC(C)(C)OC(=O)NC(=Nc1ccc(C(=O)Oc2ccc3c(c2)CCC3CC(=O)N[C@@H](Cc2ccc(C(=O)OC(C)(C)C)cc2)C(=O)OC(C)(C)C)cc1)NC(=O)OC(C)(C)C. The maximum absolute atomic E-state index is 13.5. The van der Waals surface area contributed by atoms with Crippen molar-refractivity contribution in [2.45, 2.75) is 143 Å². The number of nitrogens with one attached hydrogen (secondary N) is 3. The monoisotopic (exact) mass is 856 g/mol. The predicted octanol–water partition coefficient (Wildman–Crippen LogP) is 8.39. The highest BCUT2D eigenvalue weighted by molar-refractivity contribution is 6.02. The van der Waals surface area contributed by atoms with E-state index in [0.29, 0.717) is 29.8 Å². The molecule has 4 rings (SSSR count). The third-order valence-electron chi connectivity index (χ3n) is 8.60. The number of esters is 3. The van der Waals surface area contributed by atoms with Gasteiger partial charge in [0.1, 0.15) is 34.2 Å². The second-order valence-electron chi connectivity index (χ2n) is 19.0. The van der Waals surface area contributed by atoms with Crippen molar-refractivity contribution in [3.05, 3.63) is 94.5 Å². The van der Waals surface area contributed by atoms with Crippen LogP contribution in [-0.2, 0) is 41.4 Å². The Labute approximate surface area is 363 Å². The van der Waals surface area contributed by atoms with Gasteiger partial charge in [0.15, 0.2) is 0 Å². The van der Waals surface area contributed by atoms with Crippen LogP contribution < -0.4 is 20.7 Å². The van der Waals surface area contributed by atoms with Crippen molar-refractivity contribution >= 4 is 47.6 Å². The fourth-order valence-corrected chi connectivity index (χ4v) is 6.21. The number of nitrogens with zero attached hydrogens (tertiary/aromatic N) is 1. The molecular weight excluding hydrogens is 797 g/mol. The van der Waals surface area contributed by atoms with Crippen molar-refractivity contribution in [1.29, 1.82) is 0 Å². The van der Waals surface area contributed by atoms with Gasteiger partial charge in [0, 0.05) is 12.8 Å². The Hall–Kier alpha value is -6.25. The lowest BCUT2D eigenvalue weighted by atomic mass is 9.96. The molecule has 334 valence electrons. The van der Waals surface area contributed by atoms with E-state index in [4.69, 9.17) is 23.7 Å². The highest BCUT2D eigenvalue weighted by Crippen LogP contribution is 2.37. The number of aryl methyl sites for hydroxylation is 1. The Morgan fingerprint density at radius 3 is 1.69 bits per heavy atom. The molecule has 3 N–H and O–H groups in total. The first kappa shape index (κ1) is 48.4. The van der Waals surface area contributed by atoms with Crippen molar-refractivity contribution in [1.82, 2.24) is 16.0 Å². The summed E-state index contributed by atoms with van der Waals surface area (Å²) >= 11 is 0. The Morgan fingerprint density at radius 2 is 1.16 bits per heavy atom. The van der Waals surface area contributed by atoms with E-state index >= 15 is 0 Å². The molecule has 1 unspecified atom stereocenters. The Bertz CT molecular complexity index is 2120. The van der Waals surface area contributed by atoms with Crippen LogP contribution in [0.15, 0.2) is 71.7 Å². The average Bonchev–Trinajstić information content (AvgIpc) is 3.50. The Morgan fingerprint density at radius 1 is 0.645 bits per heavy atom. The number of hydrogen-bond acceptors (Lipinski definition) is 12. The summed E-state index contributed by atoms with van der Waals surface area (Å²) in [5.74, 6) is -2.02. The fourth-order valence-electron chi connectivity index (χ4n) is 6.21. The topological polar surface area (TPSA) is 197 Å². The molecule has 15 nitrogen and oxygen atoms in total. The minimum Gasteiger partial charge on any atom is -0.458 e. The summed E-state index contributed by atoms with van der Waals surface area (Å²) < 4.78 is 27.4. The zero-order chi connectivity index (χ0) is 46.2. The average molecular weight is 857 g/mol. The predicted molar refractivity (Wildman–Crippen MR) is 232 cm³/mol. The number of fused-ring (bicyclic) bond motifs is 1. The number of ether oxygens (including phenoxy) is 5. The first-order chi connectivity index (χ1) is 28.6. The largest absolute Gasteiger partial charge is 0.458 e. The maximum atomic E-state index is 13.5. The standard InChI is InChI=1S/C47H60N4O11/c1-44(2,3)59-39(54)30-15-13-28(14-16-30)25-36(40(55)60-45(4,5)6)49-37(52)27-32-18-17-31-26-34(23-24-35(31)32)58-38(53)29-19-21-33(22-20-29)48-41(50-42(56)61-46(7,8)9)51-43(57)62-47(10,11)12/h13-16,19-24,26,32,36H,17-18,25,27H2,1-12H3,(H,49,52)(H2,48,50,51,56,57)/t32?,36-/m0/s1. The molecule has 0 saturated heterocycles. The first-order valence-corrected chi connectivity index (χ1v) is 20.5. The van der Waals surface area contributed by atoms with Gasteiger partial charge in [0.2, 0.25) is 11.9 Å². The first-order valence-electron chi connectivity index (χ1n) is 20.5. The van der Waals surface area contributed by atoms with Gasteiger partial charge in [-0.1, -0.05) is 18.2 Å². The van der Waals surface area contributed by atoms with Crippen molar-refractivity contribution < 1.29 is 52.5 Å². The highest BCUT2D eigenvalue weighted by Gasteiger charge is 2.31. The molecule has 0 radical (unpaired) electrons. The molecule has 0 aromatic heterocycles. The number of hydrogen-bond donors (Lipinski definition) is 3. The molecule has 15 heteroatoms. The van der Waals surface area contributed by atoms with Gasteiger partial charge in [-0.3, -0.25) is 15.4 Å². The van der Waals surface area contributed by atoms with E-state index in [1.165, 1.54) is 24.3 Å². The van der Waals surface area contributed by atoms with Crippen LogP contribution in [0, 0.1) is 0 Å². The van der Waals surface area contributed by atoms with Crippen LogP contribution in [0.25, 0.3) is 0 Å². The summed E-state index contributed by atoms with van der Waals surface area (Å²) in [5.41, 5.74) is 0.460. The van der Waals surface area contributed by atoms with Crippen LogP contribution in [0.3, 0.4) is 0 Å². The molecule has 0 saturated carbocycles. The number of guanidine groups is 1. The summed E-state index contributed by atoms with van der Waals surface area (Å²) in [6.07, 6.45) is -0.0826. The zero-order valence-corrected chi connectivity index (χ0v) is 37.8. The van der Waals surface area contributed by atoms with E-state index < -0.39 is 58.5 Å². The van der Waals surface area contributed by atoms with Gasteiger partial charge < -0.3 is 29.0 Å². The summed E-state index contributed by atoms with van der Waals surface area (Å²) in [7, 11) is 0. The lowest BCUT2D eigenvalue weighted by Crippen LogP contribution is -2.47. The quantitative estimate of drug-likeness (QED) is 0.0582. The lowest BCUT2D eigenvalue weighted by Gasteiger charge is -2.25. The summed E-state index contributed by atoms with van der Waals surface area (Å²) in [5, 5.41) is 7.71. The number of alkyl carbamates (subject to hydrolysis) is 2. The molecule has 0 fully saturated rings. The molecule has 0 aliphatic heterocycles. The summed E-state index contributed by atoms with van der Waals surface area (Å²) in [6.45, 7) is 20.8. The molecule has 3 aromatic rings. The van der Waals surface area contributed by atoms with E-state index in [1.54, 1.807) is 119 Å². The van der Waals surface area contributed by atoms with Gasteiger partial charge in [-0.05, 0) is 167 Å². The molecular formula is C47H60N4O11. The van der Waals surface area contributed by atoms with Gasteiger partial charge in [0.25, 0.3) is 0 Å². The number of carbonyl (C=O) groups excluding carboxylic acids is 6. The Kier molecular flexibility index (Phi) is 15.3. The lowest BCUT2D eigenvalue weighted by molar-refractivity contribution is -0.158. The third-order valence-corrected chi connectivity index (χ3v) is 8.60.